The predicted molar refractivity (Wildman–Crippen MR) is 77.9 cm³/mol. The summed E-state index contributed by atoms with van der Waals surface area (Å²) in [6.45, 7) is 3.65. The Morgan fingerprint density at radius 2 is 2.05 bits per heavy atom. The predicted octanol–water partition coefficient (Wildman–Crippen LogP) is 1.03. The number of pyridine rings is 1. The highest BCUT2D eigenvalue weighted by Crippen LogP contribution is 2.28. The number of para-hydroxylation sites is 1. The number of aromatic amines is 1. The van der Waals surface area contributed by atoms with Gasteiger partial charge in [-0.05, 0) is 31.2 Å². The molecule has 0 atom stereocenters. The van der Waals surface area contributed by atoms with Gasteiger partial charge in [0.15, 0.2) is 0 Å². The molecule has 112 valence electrons. The quantitative estimate of drug-likeness (QED) is 0.698. The third-order valence-electron chi connectivity index (χ3n) is 3.38. The average molecular weight is 299 g/mol. The van der Waals surface area contributed by atoms with Gasteiger partial charge in [-0.2, -0.15) is 5.21 Å². The Hall–Kier alpha value is -3.03. The Balaban J connectivity index is 2.41. The monoisotopic (exact) mass is 299 g/mol. The van der Waals surface area contributed by atoms with Gasteiger partial charge in [0.25, 0.3) is 5.56 Å². The van der Waals surface area contributed by atoms with E-state index >= 15 is 0 Å². The first kappa shape index (κ1) is 13.9. The van der Waals surface area contributed by atoms with Gasteiger partial charge in [-0.1, -0.05) is 12.1 Å². The van der Waals surface area contributed by atoms with Crippen molar-refractivity contribution in [2.75, 3.05) is 0 Å². The second-order valence-electron chi connectivity index (χ2n) is 5.07. The first-order valence-corrected chi connectivity index (χ1v) is 6.66. The van der Waals surface area contributed by atoms with E-state index in [1.54, 1.807) is 24.3 Å². The van der Waals surface area contributed by atoms with Gasteiger partial charge in [0.2, 0.25) is 11.6 Å². The number of hydrogen-bond acceptors (Lipinski definition) is 6. The fraction of sp³-hybridized carbons (Fsp3) is 0.214. The van der Waals surface area contributed by atoms with Crippen LogP contribution in [0.5, 0.6) is 5.75 Å². The number of carbonyl (C=O) groups is 1. The number of aromatic hydroxyl groups is 1. The molecule has 2 N–H and O–H groups in total. The molecule has 0 spiro atoms. The van der Waals surface area contributed by atoms with Crippen LogP contribution in [0.3, 0.4) is 0 Å². The molecule has 0 fully saturated rings. The number of fused-ring (bicyclic) bond motifs is 1. The number of tetrazole rings is 1. The number of carbonyl (C=O) groups excluding carboxylic acids is 1. The van der Waals surface area contributed by atoms with Crippen LogP contribution in [0.2, 0.25) is 0 Å². The summed E-state index contributed by atoms with van der Waals surface area (Å²) in [6, 6.07) is 6.67. The van der Waals surface area contributed by atoms with Crippen molar-refractivity contribution in [3.63, 3.8) is 0 Å². The average Bonchev–Trinajstić information content (AvgIpc) is 3.01. The number of aromatic nitrogens is 5. The molecule has 0 aliphatic rings. The highest BCUT2D eigenvalue weighted by molar-refractivity contribution is 6.10. The Morgan fingerprint density at radius 1 is 1.32 bits per heavy atom. The molecule has 1 aromatic carbocycles. The lowest BCUT2D eigenvalue weighted by atomic mass is 10.1. The Labute approximate surface area is 124 Å². The summed E-state index contributed by atoms with van der Waals surface area (Å²) in [6.07, 6.45) is 0. The third kappa shape index (κ3) is 1.96. The number of benzene rings is 1. The summed E-state index contributed by atoms with van der Waals surface area (Å²) in [5, 5.41) is 23.4. The lowest BCUT2D eigenvalue weighted by molar-refractivity contribution is 0.102. The first-order valence-electron chi connectivity index (χ1n) is 6.66. The van der Waals surface area contributed by atoms with Gasteiger partial charge in [-0.15, -0.1) is 10.2 Å². The van der Waals surface area contributed by atoms with Crippen LogP contribution >= 0.6 is 0 Å². The largest absolute Gasteiger partial charge is 0.506 e. The maximum atomic E-state index is 12.7. The van der Waals surface area contributed by atoms with Crippen molar-refractivity contribution in [1.29, 1.82) is 0 Å². The van der Waals surface area contributed by atoms with E-state index in [4.69, 9.17) is 0 Å². The molecule has 2 heterocycles. The van der Waals surface area contributed by atoms with Crippen molar-refractivity contribution >= 4 is 16.7 Å². The molecule has 0 aliphatic heterocycles. The lowest BCUT2D eigenvalue weighted by Crippen LogP contribution is -2.29. The summed E-state index contributed by atoms with van der Waals surface area (Å²) in [7, 11) is 0. The molecular weight excluding hydrogens is 286 g/mol. The Kier molecular flexibility index (Phi) is 3.21. The van der Waals surface area contributed by atoms with E-state index in [0.717, 1.165) is 0 Å². The van der Waals surface area contributed by atoms with Crippen LogP contribution in [0.1, 0.15) is 36.1 Å². The van der Waals surface area contributed by atoms with Crippen molar-refractivity contribution in [2.45, 2.75) is 19.9 Å². The molecule has 0 unspecified atom stereocenters. The maximum absolute atomic E-state index is 12.7. The molecule has 8 heteroatoms. The molecule has 8 nitrogen and oxygen atoms in total. The minimum absolute atomic E-state index is 0.185. The van der Waals surface area contributed by atoms with Gasteiger partial charge in [-0.3, -0.25) is 9.59 Å². The van der Waals surface area contributed by atoms with Crippen molar-refractivity contribution < 1.29 is 9.90 Å². The van der Waals surface area contributed by atoms with Crippen LogP contribution in [-0.2, 0) is 0 Å². The van der Waals surface area contributed by atoms with Crippen molar-refractivity contribution in [1.82, 2.24) is 25.2 Å². The number of nitrogens with one attached hydrogen (secondary N) is 1. The topological polar surface area (TPSA) is 114 Å². The molecule has 0 saturated heterocycles. The van der Waals surface area contributed by atoms with E-state index in [-0.39, 0.29) is 23.2 Å². The number of H-pyrrole nitrogens is 1. The molecule has 3 aromatic rings. The molecular formula is C14H13N5O3. The van der Waals surface area contributed by atoms with Crippen LogP contribution < -0.4 is 5.56 Å². The fourth-order valence-corrected chi connectivity index (χ4v) is 2.44. The molecule has 2 aromatic heterocycles. The van der Waals surface area contributed by atoms with Gasteiger partial charge in [-0.25, -0.2) is 0 Å². The molecule has 0 aliphatic carbocycles. The highest BCUT2D eigenvalue weighted by atomic mass is 16.3. The molecule has 0 saturated carbocycles. The maximum Gasteiger partial charge on any atom is 0.266 e. The second-order valence-corrected chi connectivity index (χ2v) is 5.07. The zero-order valence-corrected chi connectivity index (χ0v) is 11.9. The van der Waals surface area contributed by atoms with Gasteiger partial charge < -0.3 is 9.67 Å². The molecule has 22 heavy (non-hydrogen) atoms. The van der Waals surface area contributed by atoms with Gasteiger partial charge >= 0.3 is 0 Å². The highest BCUT2D eigenvalue weighted by Gasteiger charge is 2.26. The summed E-state index contributed by atoms with van der Waals surface area (Å²) < 4.78 is 1.46. The van der Waals surface area contributed by atoms with Crippen LogP contribution in [-0.4, -0.2) is 36.1 Å². The Bertz CT molecular complexity index is 912. The van der Waals surface area contributed by atoms with Crippen molar-refractivity contribution in [3.8, 4) is 5.75 Å². The van der Waals surface area contributed by atoms with Crippen LogP contribution in [0.15, 0.2) is 29.1 Å². The normalized spacial score (nSPS) is 11.2. The smallest absolute Gasteiger partial charge is 0.266 e. The molecule has 0 radical (unpaired) electrons. The molecule has 0 amide bonds. The zero-order chi connectivity index (χ0) is 15.9. The van der Waals surface area contributed by atoms with Gasteiger partial charge in [0.1, 0.15) is 11.3 Å². The van der Waals surface area contributed by atoms with Crippen molar-refractivity contribution in [2.24, 2.45) is 0 Å². The minimum atomic E-state index is -0.767. The van der Waals surface area contributed by atoms with Crippen LogP contribution in [0, 0.1) is 0 Å². The minimum Gasteiger partial charge on any atom is -0.506 e. The summed E-state index contributed by atoms with van der Waals surface area (Å²) in [5.41, 5.74) is -0.375. The zero-order valence-electron chi connectivity index (χ0n) is 11.9. The van der Waals surface area contributed by atoms with E-state index in [9.17, 15) is 14.7 Å². The number of nitrogens with zero attached hydrogens (tertiary/aromatic N) is 4. The van der Waals surface area contributed by atoms with Crippen LogP contribution in [0.4, 0.5) is 0 Å². The molecule has 0 bridgehead atoms. The SMILES string of the molecule is CC(C)n1c(=O)c(C(=O)c2nn[nH]n2)c(O)c2ccccc21. The van der Waals surface area contributed by atoms with E-state index < -0.39 is 11.3 Å². The third-order valence-corrected chi connectivity index (χ3v) is 3.38. The lowest BCUT2D eigenvalue weighted by Gasteiger charge is -2.16. The standard InChI is InChI=1S/C14H13N5O3/c1-7(2)19-9-6-4-3-5-8(9)11(20)10(14(19)22)12(21)13-15-17-18-16-13/h3-7,20H,1-2H3,(H,15,16,17,18). The number of ketones is 1. The first-order chi connectivity index (χ1) is 10.5. The van der Waals surface area contributed by atoms with E-state index in [1.165, 1.54) is 4.57 Å². The summed E-state index contributed by atoms with van der Waals surface area (Å²) in [5.74, 6) is -1.40. The van der Waals surface area contributed by atoms with Gasteiger partial charge in [0, 0.05) is 11.4 Å². The van der Waals surface area contributed by atoms with Crippen LogP contribution in [0.25, 0.3) is 10.9 Å². The van der Waals surface area contributed by atoms with E-state index in [1.807, 2.05) is 13.8 Å². The van der Waals surface area contributed by atoms with E-state index in [2.05, 4.69) is 20.6 Å². The Morgan fingerprint density at radius 3 is 2.68 bits per heavy atom. The van der Waals surface area contributed by atoms with E-state index in [0.29, 0.717) is 10.9 Å². The second kappa shape index (κ2) is 5.06. The number of hydrogen-bond donors (Lipinski definition) is 2. The molecule has 3 rings (SSSR count). The van der Waals surface area contributed by atoms with Crippen molar-refractivity contribution in [3.05, 3.63) is 46.0 Å². The number of rotatable bonds is 3. The van der Waals surface area contributed by atoms with Gasteiger partial charge in [0.05, 0.1) is 5.52 Å². The summed E-state index contributed by atoms with van der Waals surface area (Å²) in [4.78, 5) is 25.1. The summed E-state index contributed by atoms with van der Waals surface area (Å²) >= 11 is 0. The fourth-order valence-electron chi connectivity index (χ4n) is 2.44.